The summed E-state index contributed by atoms with van der Waals surface area (Å²) in [7, 11) is 0. The van der Waals surface area contributed by atoms with Gasteiger partial charge in [0.1, 0.15) is 0 Å². The maximum Gasteiger partial charge on any atom is 1.00 e. The number of carbonyl (C=O) groups excluding carboxylic acids is 1. The summed E-state index contributed by atoms with van der Waals surface area (Å²) in [6.45, 7) is 3.85. The van der Waals surface area contributed by atoms with Gasteiger partial charge in [-0.3, -0.25) is 0 Å². The Balaban J connectivity index is 0. The quantitative estimate of drug-likeness (QED) is 0.303. The third kappa shape index (κ3) is 16.2. The second-order valence-electron chi connectivity index (χ2n) is 5.15. The van der Waals surface area contributed by atoms with Crippen molar-refractivity contribution in [2.75, 3.05) is 0 Å². The number of hydrogen-bond donors (Lipinski definition) is 0. The summed E-state index contributed by atoms with van der Waals surface area (Å²) in [5.41, 5.74) is 0.367. The molecule has 0 heterocycles. The van der Waals surface area contributed by atoms with Crippen molar-refractivity contribution >= 4 is 5.97 Å². The second-order valence-corrected chi connectivity index (χ2v) is 5.15. The second kappa shape index (κ2) is 16.3. The van der Waals surface area contributed by atoms with Gasteiger partial charge in [0.05, 0.1) is 5.97 Å². The van der Waals surface area contributed by atoms with Crippen molar-refractivity contribution < 1.29 is 39.5 Å². The van der Waals surface area contributed by atoms with Gasteiger partial charge >= 0.3 is 29.6 Å². The molecule has 0 aliphatic carbocycles. The number of hydrogen-bond acceptors (Lipinski definition) is 2. The van der Waals surface area contributed by atoms with Crippen LogP contribution in [0.3, 0.4) is 0 Å². The molecular weight excluding hydrogens is 247 g/mol. The predicted octanol–water partition coefficient (Wildman–Crippen LogP) is 0.998. The Hall–Kier alpha value is 0.210. The first kappa shape index (κ1) is 21.5. The fourth-order valence-corrected chi connectivity index (χ4v) is 2.03. The van der Waals surface area contributed by atoms with E-state index in [2.05, 4.69) is 6.92 Å². The van der Waals surface area contributed by atoms with Crippen molar-refractivity contribution in [3.8, 4) is 0 Å². The van der Waals surface area contributed by atoms with Crippen LogP contribution in [-0.2, 0) is 4.79 Å². The average molecular weight is 276 g/mol. The number of carbonyl (C=O) groups is 1. The van der Waals surface area contributed by atoms with E-state index >= 15 is 0 Å². The van der Waals surface area contributed by atoms with Gasteiger partial charge in [0.25, 0.3) is 0 Å². The summed E-state index contributed by atoms with van der Waals surface area (Å²) in [5.74, 6) is -1.04. The predicted molar refractivity (Wildman–Crippen MR) is 75.2 cm³/mol. The van der Waals surface area contributed by atoms with E-state index in [-0.39, 0.29) is 29.6 Å². The maximum atomic E-state index is 10.4. The number of carboxylic acid groups (broad SMARTS) is 1. The number of unbranched alkanes of at least 4 members (excludes halogenated alkanes) is 10. The molecule has 2 nitrogen and oxygen atoms in total. The summed E-state index contributed by atoms with van der Waals surface area (Å²) in [6.07, 6.45) is 15.8. The number of rotatable bonds is 12. The molecule has 0 aromatic carbocycles. The molecule has 0 bridgehead atoms. The van der Waals surface area contributed by atoms with Crippen LogP contribution in [-0.4, -0.2) is 5.97 Å². The minimum absolute atomic E-state index is 0. The molecule has 0 aliphatic heterocycles. The molecule has 3 heteroatoms. The summed E-state index contributed by atoms with van der Waals surface area (Å²) in [6, 6.07) is 0. The Morgan fingerprint density at radius 1 is 0.895 bits per heavy atom. The molecule has 0 aromatic heterocycles. The van der Waals surface area contributed by atoms with Gasteiger partial charge in [0.2, 0.25) is 0 Å². The Bertz CT molecular complexity index is 237. The van der Waals surface area contributed by atoms with Crippen molar-refractivity contribution in [1.82, 2.24) is 0 Å². The molecule has 0 aromatic rings. The van der Waals surface area contributed by atoms with E-state index in [0.29, 0.717) is 5.57 Å². The maximum absolute atomic E-state index is 10.4. The van der Waals surface area contributed by atoms with E-state index in [9.17, 15) is 9.90 Å². The van der Waals surface area contributed by atoms with E-state index < -0.39 is 5.97 Å². The van der Waals surface area contributed by atoms with Crippen molar-refractivity contribution in [2.45, 2.75) is 84.5 Å². The van der Waals surface area contributed by atoms with Gasteiger partial charge in [-0.05, 0) is 25.3 Å². The molecule has 0 N–H and O–H groups in total. The molecule has 0 aliphatic rings. The summed E-state index contributed by atoms with van der Waals surface area (Å²) in [4.78, 5) is 10.4. The zero-order valence-electron chi connectivity index (χ0n) is 13.2. The Kier molecular flexibility index (Phi) is 18.4. The van der Waals surface area contributed by atoms with E-state index in [4.69, 9.17) is 0 Å². The third-order valence-electron chi connectivity index (χ3n) is 3.33. The van der Waals surface area contributed by atoms with Gasteiger partial charge in [0, 0.05) is 0 Å². The molecule has 0 rings (SSSR count). The van der Waals surface area contributed by atoms with Crippen molar-refractivity contribution in [1.29, 1.82) is 0 Å². The molecule has 0 amide bonds. The van der Waals surface area contributed by atoms with Gasteiger partial charge < -0.3 is 9.90 Å². The zero-order valence-corrected chi connectivity index (χ0v) is 15.2. The van der Waals surface area contributed by atoms with E-state index in [1.165, 1.54) is 57.8 Å². The van der Waals surface area contributed by atoms with Crippen molar-refractivity contribution in [3.63, 3.8) is 0 Å². The topological polar surface area (TPSA) is 40.1 Å². The van der Waals surface area contributed by atoms with E-state index in [1.807, 2.05) is 0 Å². The van der Waals surface area contributed by atoms with Crippen LogP contribution < -0.4 is 34.7 Å². The van der Waals surface area contributed by atoms with Crippen LogP contribution in [0.2, 0.25) is 0 Å². The van der Waals surface area contributed by atoms with Crippen LogP contribution in [0.15, 0.2) is 11.6 Å². The number of allylic oxidation sites excluding steroid dienone is 1. The molecule has 106 valence electrons. The monoisotopic (exact) mass is 276 g/mol. The van der Waals surface area contributed by atoms with Crippen LogP contribution >= 0.6 is 0 Å². The summed E-state index contributed by atoms with van der Waals surface area (Å²) < 4.78 is 0. The van der Waals surface area contributed by atoms with Crippen LogP contribution in [0.5, 0.6) is 0 Å². The first-order valence-electron chi connectivity index (χ1n) is 7.56. The number of carboxylic acids is 1. The van der Waals surface area contributed by atoms with E-state index in [0.717, 1.165) is 12.8 Å². The first-order chi connectivity index (χ1) is 8.68. The van der Waals surface area contributed by atoms with E-state index in [1.54, 1.807) is 13.0 Å². The smallest absolute Gasteiger partial charge is 0.545 e. The van der Waals surface area contributed by atoms with Crippen LogP contribution in [0.25, 0.3) is 0 Å². The van der Waals surface area contributed by atoms with Crippen molar-refractivity contribution in [2.24, 2.45) is 0 Å². The van der Waals surface area contributed by atoms with Crippen LogP contribution in [0.4, 0.5) is 0 Å². The molecule has 0 saturated carbocycles. The normalized spacial score (nSPS) is 11.2. The molecule has 0 radical (unpaired) electrons. The molecule has 0 spiro atoms. The van der Waals surface area contributed by atoms with Gasteiger partial charge in [0.15, 0.2) is 0 Å². The van der Waals surface area contributed by atoms with Crippen molar-refractivity contribution in [3.05, 3.63) is 11.6 Å². The third-order valence-corrected chi connectivity index (χ3v) is 3.33. The van der Waals surface area contributed by atoms with Crippen LogP contribution in [0, 0.1) is 0 Å². The van der Waals surface area contributed by atoms with Gasteiger partial charge in [-0.1, -0.05) is 70.8 Å². The fraction of sp³-hybridized carbons (Fsp3) is 0.812. The summed E-state index contributed by atoms with van der Waals surface area (Å²) in [5, 5.41) is 10.4. The Morgan fingerprint density at radius 2 is 1.32 bits per heavy atom. The number of aliphatic carboxylic acids is 1. The first-order valence-corrected chi connectivity index (χ1v) is 7.56. The Labute approximate surface area is 141 Å². The molecule has 0 fully saturated rings. The Morgan fingerprint density at radius 3 is 1.74 bits per heavy atom. The molecule has 0 atom stereocenters. The SMILES string of the molecule is CCCCCCCCCCCCC=C(C)C(=O)[O-].[Na+]. The average Bonchev–Trinajstić information content (AvgIpc) is 2.35. The largest absolute Gasteiger partial charge is 1.00 e. The minimum atomic E-state index is -1.04. The standard InChI is InChI=1S/C16H30O2.Na/c1-3-4-5-6-7-8-9-10-11-12-13-14-15(2)16(17)18;/h14H,3-13H2,1-2H3,(H,17,18);/q;+1/p-1. The molecule has 19 heavy (non-hydrogen) atoms. The molecule has 0 unspecified atom stereocenters. The fourth-order valence-electron chi connectivity index (χ4n) is 2.03. The molecular formula is C16H29NaO2. The van der Waals surface area contributed by atoms with Gasteiger partial charge in [-0.2, -0.15) is 0 Å². The summed E-state index contributed by atoms with van der Waals surface area (Å²) >= 11 is 0. The minimum Gasteiger partial charge on any atom is -0.545 e. The van der Waals surface area contributed by atoms with Crippen LogP contribution in [0.1, 0.15) is 84.5 Å². The molecule has 0 saturated heterocycles. The zero-order chi connectivity index (χ0) is 13.6. The van der Waals surface area contributed by atoms with Gasteiger partial charge in [-0.15, -0.1) is 0 Å². The van der Waals surface area contributed by atoms with Gasteiger partial charge in [-0.25, -0.2) is 0 Å².